The number of benzene rings is 1. The number of aromatic nitrogens is 2. The van der Waals surface area contributed by atoms with Gasteiger partial charge in [0.2, 0.25) is 0 Å². The highest BCUT2D eigenvalue weighted by Gasteiger charge is 2.12. The van der Waals surface area contributed by atoms with Crippen molar-refractivity contribution >= 4 is 16.7 Å². The summed E-state index contributed by atoms with van der Waals surface area (Å²) in [5.74, 6) is 1.11. The lowest BCUT2D eigenvalue weighted by Gasteiger charge is -2.15. The molecule has 16 heavy (non-hydrogen) atoms. The van der Waals surface area contributed by atoms with Crippen molar-refractivity contribution in [3.05, 3.63) is 36.2 Å². The molecule has 0 aliphatic heterocycles. The zero-order valence-corrected chi connectivity index (χ0v) is 9.61. The first-order chi connectivity index (χ1) is 7.86. The van der Waals surface area contributed by atoms with Crippen molar-refractivity contribution in [3.63, 3.8) is 0 Å². The summed E-state index contributed by atoms with van der Waals surface area (Å²) >= 11 is 0. The van der Waals surface area contributed by atoms with E-state index in [0.29, 0.717) is 0 Å². The molecular weight excluding hydrogens is 196 g/mol. The van der Waals surface area contributed by atoms with Crippen LogP contribution in [-0.4, -0.2) is 9.55 Å². The van der Waals surface area contributed by atoms with Gasteiger partial charge in [0.1, 0.15) is 5.82 Å². The zero-order chi connectivity index (χ0) is 11.0. The van der Waals surface area contributed by atoms with Crippen LogP contribution in [0.25, 0.3) is 16.7 Å². The summed E-state index contributed by atoms with van der Waals surface area (Å²) in [6.45, 7) is 2.09. The smallest absolute Gasteiger partial charge is 0.111 e. The first-order valence-corrected chi connectivity index (χ1v) is 6.00. The highest BCUT2D eigenvalue weighted by atomic mass is 15.1. The Morgan fingerprint density at radius 3 is 2.88 bits per heavy atom. The van der Waals surface area contributed by atoms with Gasteiger partial charge in [0.15, 0.2) is 0 Å². The molecule has 0 saturated heterocycles. The fraction of sp³-hybridized carbons (Fsp3) is 0.357. The van der Waals surface area contributed by atoms with Crippen LogP contribution < -0.4 is 0 Å². The molecule has 2 aromatic rings. The number of aryl methyl sites for hydroxylation is 1. The fourth-order valence-corrected chi connectivity index (χ4v) is 2.53. The van der Waals surface area contributed by atoms with Gasteiger partial charge in [-0.25, -0.2) is 4.98 Å². The number of fused-ring (bicyclic) bond motifs is 1. The van der Waals surface area contributed by atoms with E-state index in [-0.39, 0.29) is 0 Å². The van der Waals surface area contributed by atoms with Crippen molar-refractivity contribution in [2.75, 3.05) is 0 Å². The molecule has 1 aromatic heterocycles. The lowest BCUT2D eigenvalue weighted by atomic mass is 10.0. The van der Waals surface area contributed by atoms with Gasteiger partial charge >= 0.3 is 0 Å². The minimum Gasteiger partial charge on any atom is -0.301 e. The Kier molecular flexibility index (Phi) is 2.28. The van der Waals surface area contributed by atoms with Crippen LogP contribution in [0, 0.1) is 6.92 Å². The van der Waals surface area contributed by atoms with Gasteiger partial charge in [-0.15, -0.1) is 0 Å². The Hall–Kier alpha value is -1.57. The van der Waals surface area contributed by atoms with Gasteiger partial charge < -0.3 is 4.57 Å². The monoisotopic (exact) mass is 212 g/mol. The lowest BCUT2D eigenvalue weighted by molar-refractivity contribution is 0.716. The topological polar surface area (TPSA) is 17.8 Å². The summed E-state index contributed by atoms with van der Waals surface area (Å²) in [4.78, 5) is 4.61. The number of nitrogens with zero attached hydrogens (tertiary/aromatic N) is 2. The average Bonchev–Trinajstić information content (AvgIpc) is 2.66. The molecule has 0 amide bonds. The molecule has 2 heteroatoms. The summed E-state index contributed by atoms with van der Waals surface area (Å²) in [6, 6.07) is 8.38. The van der Waals surface area contributed by atoms with Crippen LogP contribution in [0.2, 0.25) is 0 Å². The van der Waals surface area contributed by atoms with E-state index in [1.165, 1.54) is 36.9 Å². The Bertz CT molecular complexity index is 549. The summed E-state index contributed by atoms with van der Waals surface area (Å²) in [5.41, 5.74) is 3.78. The molecule has 0 N–H and O–H groups in total. The second-order valence-corrected chi connectivity index (χ2v) is 4.42. The Morgan fingerprint density at radius 2 is 2.06 bits per heavy atom. The van der Waals surface area contributed by atoms with Gasteiger partial charge in [-0.3, -0.25) is 0 Å². The number of hydrogen-bond acceptors (Lipinski definition) is 1. The van der Waals surface area contributed by atoms with Crippen LogP contribution in [0.4, 0.5) is 0 Å². The van der Waals surface area contributed by atoms with Gasteiger partial charge in [-0.2, -0.15) is 0 Å². The molecule has 0 spiro atoms. The van der Waals surface area contributed by atoms with Crippen molar-refractivity contribution in [2.24, 2.45) is 0 Å². The Labute approximate surface area is 95.6 Å². The van der Waals surface area contributed by atoms with Gasteiger partial charge in [0.25, 0.3) is 0 Å². The van der Waals surface area contributed by atoms with Crippen LogP contribution in [0.1, 0.15) is 31.5 Å². The van der Waals surface area contributed by atoms with Crippen LogP contribution in [0.3, 0.4) is 0 Å². The average molecular weight is 212 g/mol. The number of para-hydroxylation sites is 2. The summed E-state index contributed by atoms with van der Waals surface area (Å²) in [5, 5.41) is 0. The molecule has 1 aromatic carbocycles. The Morgan fingerprint density at radius 1 is 1.19 bits per heavy atom. The number of allylic oxidation sites excluding steroid dienone is 2. The number of rotatable bonds is 1. The van der Waals surface area contributed by atoms with E-state index in [1.54, 1.807) is 0 Å². The molecule has 3 rings (SSSR count). The fourth-order valence-electron chi connectivity index (χ4n) is 2.53. The largest absolute Gasteiger partial charge is 0.301 e. The van der Waals surface area contributed by atoms with Gasteiger partial charge in [0, 0.05) is 5.70 Å². The maximum atomic E-state index is 4.61. The van der Waals surface area contributed by atoms with Crippen LogP contribution in [-0.2, 0) is 0 Å². The molecule has 0 unspecified atom stereocenters. The second kappa shape index (κ2) is 3.78. The number of hydrogen-bond donors (Lipinski definition) is 0. The lowest BCUT2D eigenvalue weighted by Crippen LogP contribution is -2.02. The third kappa shape index (κ3) is 1.45. The molecule has 0 atom stereocenters. The maximum absolute atomic E-state index is 4.61. The molecule has 2 nitrogen and oxygen atoms in total. The molecule has 1 heterocycles. The molecule has 0 radical (unpaired) electrons. The van der Waals surface area contributed by atoms with Gasteiger partial charge in [-0.05, 0) is 44.7 Å². The normalized spacial score (nSPS) is 16.4. The van der Waals surface area contributed by atoms with Crippen molar-refractivity contribution < 1.29 is 0 Å². The van der Waals surface area contributed by atoms with E-state index in [9.17, 15) is 0 Å². The quantitative estimate of drug-likeness (QED) is 0.703. The van der Waals surface area contributed by atoms with Crippen LogP contribution in [0.5, 0.6) is 0 Å². The third-order valence-corrected chi connectivity index (χ3v) is 3.28. The van der Waals surface area contributed by atoms with E-state index < -0.39 is 0 Å². The molecule has 0 saturated carbocycles. The van der Waals surface area contributed by atoms with Crippen molar-refractivity contribution in [1.82, 2.24) is 9.55 Å². The van der Waals surface area contributed by atoms with Gasteiger partial charge in [-0.1, -0.05) is 18.2 Å². The van der Waals surface area contributed by atoms with E-state index >= 15 is 0 Å². The van der Waals surface area contributed by atoms with E-state index in [0.717, 1.165) is 11.3 Å². The SMILES string of the molecule is Cc1nc2ccccc2n1C1=CCCCC1. The minimum absolute atomic E-state index is 1.10. The molecule has 1 aliphatic carbocycles. The third-order valence-electron chi connectivity index (χ3n) is 3.28. The van der Waals surface area contributed by atoms with E-state index in [4.69, 9.17) is 0 Å². The summed E-state index contributed by atoms with van der Waals surface area (Å²) < 4.78 is 2.31. The molecule has 0 bridgehead atoms. The van der Waals surface area contributed by atoms with Gasteiger partial charge in [0.05, 0.1) is 11.0 Å². The summed E-state index contributed by atoms with van der Waals surface area (Å²) in [6.07, 6.45) is 7.39. The summed E-state index contributed by atoms with van der Waals surface area (Å²) in [7, 11) is 0. The van der Waals surface area contributed by atoms with Crippen LogP contribution in [0.15, 0.2) is 30.3 Å². The van der Waals surface area contributed by atoms with Crippen molar-refractivity contribution in [1.29, 1.82) is 0 Å². The molecular formula is C14H16N2. The molecule has 1 aliphatic rings. The van der Waals surface area contributed by atoms with Crippen LogP contribution >= 0.6 is 0 Å². The standard InChI is InChI=1S/C14H16N2/c1-11-15-13-9-5-6-10-14(13)16(11)12-7-3-2-4-8-12/h5-7,9-10H,2-4,8H2,1H3. The minimum atomic E-state index is 1.10. The zero-order valence-electron chi connectivity index (χ0n) is 9.61. The molecule has 82 valence electrons. The second-order valence-electron chi connectivity index (χ2n) is 4.42. The van der Waals surface area contributed by atoms with Crippen molar-refractivity contribution in [3.8, 4) is 0 Å². The van der Waals surface area contributed by atoms with E-state index in [2.05, 4.69) is 40.7 Å². The highest BCUT2D eigenvalue weighted by Crippen LogP contribution is 2.27. The highest BCUT2D eigenvalue weighted by molar-refractivity contribution is 5.80. The van der Waals surface area contributed by atoms with E-state index in [1.807, 2.05) is 6.07 Å². The first kappa shape index (κ1) is 9.64. The first-order valence-electron chi connectivity index (χ1n) is 6.00. The van der Waals surface area contributed by atoms with Crippen molar-refractivity contribution in [2.45, 2.75) is 32.6 Å². The maximum Gasteiger partial charge on any atom is 0.111 e. The molecule has 0 fully saturated rings. The predicted octanol–water partition coefficient (Wildman–Crippen LogP) is 3.76. The predicted molar refractivity (Wildman–Crippen MR) is 67.2 cm³/mol. The Balaban J connectivity index is 2.21. The number of imidazole rings is 1.